The minimum absolute atomic E-state index is 0.172. The topological polar surface area (TPSA) is 63.7 Å². The molecule has 2 heterocycles. The molecule has 174 valence electrons. The predicted molar refractivity (Wildman–Crippen MR) is 132 cm³/mol. The molecule has 3 aromatic rings. The quantitative estimate of drug-likeness (QED) is 0.503. The maximum atomic E-state index is 12.6. The first-order valence-electron chi connectivity index (χ1n) is 11.4. The number of hydrogen-bond donors (Lipinski definition) is 1. The van der Waals surface area contributed by atoms with Crippen molar-refractivity contribution in [1.29, 1.82) is 0 Å². The zero-order valence-corrected chi connectivity index (χ0v) is 20.1. The van der Waals surface area contributed by atoms with Gasteiger partial charge < -0.3 is 14.8 Å². The van der Waals surface area contributed by atoms with Crippen LogP contribution in [0.5, 0.6) is 5.75 Å². The number of benzene rings is 2. The molecule has 6 nitrogen and oxygen atoms in total. The molecule has 0 aliphatic carbocycles. The highest BCUT2D eigenvalue weighted by atomic mass is 32.1. The Bertz CT molecular complexity index is 1040. The minimum atomic E-state index is -0.172. The van der Waals surface area contributed by atoms with E-state index in [1.54, 1.807) is 5.38 Å². The average Bonchev–Trinajstić information content (AvgIpc) is 3.34. The van der Waals surface area contributed by atoms with Crippen LogP contribution in [0.4, 0.5) is 0 Å². The van der Waals surface area contributed by atoms with Gasteiger partial charge in [-0.2, -0.15) is 0 Å². The molecule has 0 radical (unpaired) electrons. The van der Waals surface area contributed by atoms with Crippen molar-refractivity contribution >= 4 is 17.2 Å². The second-order valence-corrected chi connectivity index (χ2v) is 9.26. The Labute approximate surface area is 199 Å². The Kier molecular flexibility index (Phi) is 8.10. The number of nitrogens with one attached hydrogen (secondary N) is 1. The fraction of sp³-hybridized carbons (Fsp3) is 0.385. The number of thiazole rings is 1. The van der Waals surface area contributed by atoms with E-state index >= 15 is 0 Å². The largest absolute Gasteiger partial charge is 0.492 e. The van der Waals surface area contributed by atoms with E-state index in [-0.39, 0.29) is 5.91 Å². The zero-order chi connectivity index (χ0) is 23.0. The number of carbonyl (C=O) groups is 1. The molecule has 0 atom stereocenters. The maximum Gasteiger partial charge on any atom is 0.271 e. The van der Waals surface area contributed by atoms with Crippen LogP contribution in [-0.2, 0) is 11.3 Å². The summed E-state index contributed by atoms with van der Waals surface area (Å²) in [4.78, 5) is 19.4. The number of rotatable bonds is 9. The van der Waals surface area contributed by atoms with Gasteiger partial charge in [0.2, 0.25) is 0 Å². The second-order valence-electron chi connectivity index (χ2n) is 8.41. The lowest BCUT2D eigenvalue weighted by Gasteiger charge is -2.31. The third-order valence-corrected chi connectivity index (χ3v) is 6.81. The predicted octanol–water partition coefficient (Wildman–Crippen LogP) is 4.54. The van der Waals surface area contributed by atoms with Gasteiger partial charge in [-0.1, -0.05) is 42.0 Å². The molecule has 1 N–H and O–H groups in total. The molecule has 0 unspecified atom stereocenters. The molecular weight excluding hydrogens is 434 g/mol. The van der Waals surface area contributed by atoms with Crippen molar-refractivity contribution in [2.24, 2.45) is 0 Å². The van der Waals surface area contributed by atoms with Crippen LogP contribution < -0.4 is 10.1 Å². The number of aryl methyl sites for hydroxylation is 1. The van der Waals surface area contributed by atoms with Gasteiger partial charge in [0.1, 0.15) is 23.1 Å². The lowest BCUT2D eigenvalue weighted by atomic mass is 10.1. The molecule has 4 rings (SSSR count). The van der Waals surface area contributed by atoms with Gasteiger partial charge in [-0.05, 0) is 44.5 Å². The Morgan fingerprint density at radius 1 is 1.21 bits per heavy atom. The van der Waals surface area contributed by atoms with Crippen molar-refractivity contribution in [3.8, 4) is 16.3 Å². The molecule has 1 aliphatic rings. The number of nitrogens with zero attached hydrogens (tertiary/aromatic N) is 2. The summed E-state index contributed by atoms with van der Waals surface area (Å²) in [6, 6.07) is 16.6. The van der Waals surface area contributed by atoms with Gasteiger partial charge in [0.15, 0.2) is 0 Å². The van der Waals surface area contributed by atoms with E-state index in [0.29, 0.717) is 24.9 Å². The summed E-state index contributed by atoms with van der Waals surface area (Å²) < 4.78 is 11.4. The molecule has 2 aromatic carbocycles. The van der Waals surface area contributed by atoms with Crippen molar-refractivity contribution in [2.75, 3.05) is 33.4 Å². The number of carbonyl (C=O) groups excluding carboxylic acids is 1. The van der Waals surface area contributed by atoms with Crippen LogP contribution in [0.2, 0.25) is 0 Å². The molecular formula is C26H31N3O3S. The van der Waals surface area contributed by atoms with Crippen LogP contribution in [0.1, 0.15) is 34.5 Å². The second kappa shape index (κ2) is 11.4. The molecule has 7 heteroatoms. The van der Waals surface area contributed by atoms with E-state index in [0.717, 1.165) is 54.5 Å². The number of ether oxygens (including phenoxy) is 2. The molecule has 33 heavy (non-hydrogen) atoms. The fourth-order valence-corrected chi connectivity index (χ4v) is 4.65. The van der Waals surface area contributed by atoms with Crippen LogP contribution in [0, 0.1) is 6.92 Å². The SMILES string of the molecule is Cc1ccc(-c2nc(C(=O)NCc3cccc(OCCN(C)C4CCOCC4)c3)cs2)cc1. The molecule has 0 spiro atoms. The standard InChI is InChI=1S/C26H31N3O3S/c1-19-6-8-21(9-7-19)26-28-24(18-33-26)25(30)27-17-20-4-3-5-23(16-20)32-15-12-29(2)22-10-13-31-14-11-22/h3-9,16,18,22H,10-15,17H2,1-2H3,(H,27,30). The highest BCUT2D eigenvalue weighted by Gasteiger charge is 2.18. The molecule has 0 bridgehead atoms. The van der Waals surface area contributed by atoms with Gasteiger partial charge in [-0.3, -0.25) is 9.69 Å². The molecule has 1 aromatic heterocycles. The maximum absolute atomic E-state index is 12.6. The first-order valence-corrected chi connectivity index (χ1v) is 12.3. The van der Waals surface area contributed by atoms with Crippen LogP contribution in [-0.4, -0.2) is 55.2 Å². The third-order valence-electron chi connectivity index (χ3n) is 5.91. The molecule has 1 fully saturated rings. The van der Waals surface area contributed by atoms with E-state index in [4.69, 9.17) is 9.47 Å². The van der Waals surface area contributed by atoms with Crippen molar-refractivity contribution in [3.05, 3.63) is 70.7 Å². The number of likely N-dealkylation sites (N-methyl/N-ethyl adjacent to an activating group) is 1. The molecule has 1 saturated heterocycles. The van der Waals surface area contributed by atoms with Gasteiger partial charge in [-0.15, -0.1) is 11.3 Å². The smallest absolute Gasteiger partial charge is 0.271 e. The average molecular weight is 466 g/mol. The Morgan fingerprint density at radius 3 is 2.79 bits per heavy atom. The van der Waals surface area contributed by atoms with Crippen molar-refractivity contribution < 1.29 is 14.3 Å². The number of aromatic nitrogens is 1. The Morgan fingerprint density at radius 2 is 2.00 bits per heavy atom. The van der Waals surface area contributed by atoms with E-state index in [1.807, 2.05) is 36.4 Å². The first-order chi connectivity index (χ1) is 16.1. The number of amides is 1. The van der Waals surface area contributed by atoms with Gasteiger partial charge in [0.05, 0.1) is 0 Å². The van der Waals surface area contributed by atoms with Gasteiger partial charge in [0.25, 0.3) is 5.91 Å². The highest BCUT2D eigenvalue weighted by Crippen LogP contribution is 2.24. The molecule has 1 aliphatic heterocycles. The summed E-state index contributed by atoms with van der Waals surface area (Å²) in [5, 5.41) is 5.62. The van der Waals surface area contributed by atoms with Gasteiger partial charge in [-0.25, -0.2) is 4.98 Å². The van der Waals surface area contributed by atoms with Gasteiger partial charge in [0, 0.05) is 43.3 Å². The van der Waals surface area contributed by atoms with Crippen LogP contribution in [0.25, 0.3) is 10.6 Å². The third kappa shape index (κ3) is 6.63. The Hall–Kier alpha value is -2.74. The van der Waals surface area contributed by atoms with E-state index in [2.05, 4.69) is 41.3 Å². The summed E-state index contributed by atoms with van der Waals surface area (Å²) in [7, 11) is 2.15. The van der Waals surface area contributed by atoms with E-state index in [9.17, 15) is 4.79 Å². The summed E-state index contributed by atoms with van der Waals surface area (Å²) >= 11 is 1.48. The molecule has 1 amide bonds. The summed E-state index contributed by atoms with van der Waals surface area (Å²) in [5.41, 5.74) is 3.66. The first kappa shape index (κ1) is 23.4. The fourth-order valence-electron chi connectivity index (χ4n) is 3.84. The Balaban J connectivity index is 1.25. The van der Waals surface area contributed by atoms with Crippen molar-refractivity contribution in [3.63, 3.8) is 0 Å². The lowest BCUT2D eigenvalue weighted by molar-refractivity contribution is 0.0392. The van der Waals surface area contributed by atoms with E-state index in [1.165, 1.54) is 16.9 Å². The summed E-state index contributed by atoms with van der Waals surface area (Å²) in [6.07, 6.45) is 2.16. The zero-order valence-electron chi connectivity index (χ0n) is 19.3. The number of hydrogen-bond acceptors (Lipinski definition) is 6. The van der Waals surface area contributed by atoms with Crippen LogP contribution >= 0.6 is 11.3 Å². The van der Waals surface area contributed by atoms with E-state index < -0.39 is 0 Å². The van der Waals surface area contributed by atoms with Crippen molar-refractivity contribution in [1.82, 2.24) is 15.2 Å². The normalized spacial score (nSPS) is 14.4. The monoisotopic (exact) mass is 465 g/mol. The van der Waals surface area contributed by atoms with Crippen LogP contribution in [0.3, 0.4) is 0 Å². The van der Waals surface area contributed by atoms with Crippen molar-refractivity contribution in [2.45, 2.75) is 32.4 Å². The van der Waals surface area contributed by atoms with Gasteiger partial charge >= 0.3 is 0 Å². The highest BCUT2D eigenvalue weighted by molar-refractivity contribution is 7.13. The summed E-state index contributed by atoms with van der Waals surface area (Å²) in [6.45, 7) is 5.67. The molecule has 0 saturated carbocycles. The van der Waals surface area contributed by atoms with Crippen LogP contribution in [0.15, 0.2) is 53.9 Å². The lowest BCUT2D eigenvalue weighted by Crippen LogP contribution is -2.38. The minimum Gasteiger partial charge on any atom is -0.492 e. The summed E-state index contributed by atoms with van der Waals surface area (Å²) in [5.74, 6) is 0.645.